The zero-order chi connectivity index (χ0) is 13.8. The van der Waals surface area contributed by atoms with Gasteiger partial charge in [0.2, 0.25) is 11.8 Å². The van der Waals surface area contributed by atoms with Crippen molar-refractivity contribution in [3.8, 4) is 0 Å². The van der Waals surface area contributed by atoms with Gasteiger partial charge in [-0.25, -0.2) is 0 Å². The van der Waals surface area contributed by atoms with E-state index in [0.29, 0.717) is 24.8 Å². The maximum Gasteiger partial charge on any atom is 0.305 e. The largest absolute Gasteiger partial charge is 0.481 e. The minimum Gasteiger partial charge on any atom is -0.481 e. The summed E-state index contributed by atoms with van der Waals surface area (Å²) < 4.78 is 5.21. The van der Waals surface area contributed by atoms with Crippen molar-refractivity contribution in [3.63, 3.8) is 0 Å². The Labute approximate surface area is 114 Å². The van der Waals surface area contributed by atoms with Crippen LogP contribution in [0, 0.1) is 0 Å². The van der Waals surface area contributed by atoms with E-state index in [4.69, 9.17) is 9.84 Å². The van der Waals surface area contributed by atoms with Crippen molar-refractivity contribution in [2.24, 2.45) is 0 Å². The van der Waals surface area contributed by atoms with Crippen molar-refractivity contribution in [3.05, 3.63) is 0 Å². The van der Waals surface area contributed by atoms with E-state index in [1.807, 2.05) is 0 Å². The lowest BCUT2D eigenvalue weighted by Gasteiger charge is -2.35. The molecule has 7 nitrogen and oxygen atoms in total. The molecule has 0 radical (unpaired) electrons. The zero-order valence-electron chi connectivity index (χ0n) is 10.4. The van der Waals surface area contributed by atoms with Crippen molar-refractivity contribution in [2.45, 2.75) is 12.5 Å². The van der Waals surface area contributed by atoms with Gasteiger partial charge in [-0.05, 0) is 0 Å². The molecular weight excluding hydrogens is 272 g/mol. The molecule has 8 heteroatoms. The maximum absolute atomic E-state index is 12.2. The second-order valence-corrected chi connectivity index (χ2v) is 5.44. The Morgan fingerprint density at radius 1 is 1.47 bits per heavy atom. The first-order valence-electron chi connectivity index (χ1n) is 6.02. The smallest absolute Gasteiger partial charge is 0.305 e. The fourth-order valence-electron chi connectivity index (χ4n) is 2.15. The van der Waals surface area contributed by atoms with Crippen LogP contribution in [-0.4, -0.2) is 76.7 Å². The molecule has 19 heavy (non-hydrogen) atoms. The highest BCUT2D eigenvalue weighted by molar-refractivity contribution is 8.00. The summed E-state index contributed by atoms with van der Waals surface area (Å²) in [6.45, 7) is 1.05. The first-order valence-corrected chi connectivity index (χ1v) is 7.18. The standard InChI is InChI=1S/C11H16N2O5S/c14-9(4-12-7-19-6-10(12)15)13-1-2-18-5-8(13)3-11(16)17/h8H,1-7H2,(H,16,17)/t8-/m0/s1. The van der Waals surface area contributed by atoms with Gasteiger partial charge in [-0.15, -0.1) is 11.8 Å². The number of carboxylic acid groups (broad SMARTS) is 1. The predicted octanol–water partition coefficient (Wildman–Crippen LogP) is -0.779. The van der Waals surface area contributed by atoms with Gasteiger partial charge in [0.1, 0.15) is 6.54 Å². The van der Waals surface area contributed by atoms with Gasteiger partial charge in [-0.2, -0.15) is 0 Å². The number of aliphatic carboxylic acids is 1. The van der Waals surface area contributed by atoms with Gasteiger partial charge in [0.05, 0.1) is 37.3 Å². The lowest BCUT2D eigenvalue weighted by Crippen LogP contribution is -2.52. The number of carbonyl (C=O) groups excluding carboxylic acids is 2. The molecule has 0 unspecified atom stereocenters. The molecule has 2 amide bonds. The zero-order valence-corrected chi connectivity index (χ0v) is 11.2. The van der Waals surface area contributed by atoms with Crippen LogP contribution < -0.4 is 0 Å². The van der Waals surface area contributed by atoms with Crippen LogP contribution in [-0.2, 0) is 19.1 Å². The topological polar surface area (TPSA) is 87.2 Å². The molecule has 0 aromatic rings. The number of hydrogen-bond acceptors (Lipinski definition) is 5. The third-order valence-corrected chi connectivity index (χ3v) is 4.05. The van der Waals surface area contributed by atoms with E-state index < -0.39 is 12.0 Å². The van der Waals surface area contributed by atoms with Crippen LogP contribution in [0.25, 0.3) is 0 Å². The molecule has 0 saturated carbocycles. The van der Waals surface area contributed by atoms with Crippen LogP contribution in [0.3, 0.4) is 0 Å². The van der Waals surface area contributed by atoms with E-state index in [-0.39, 0.29) is 31.4 Å². The van der Waals surface area contributed by atoms with Crippen LogP contribution in [0.1, 0.15) is 6.42 Å². The SMILES string of the molecule is O=C(O)C[C@H]1COCCN1C(=O)CN1CSCC1=O. The Bertz CT molecular complexity index is 389. The number of carbonyl (C=O) groups is 3. The van der Waals surface area contributed by atoms with E-state index >= 15 is 0 Å². The number of morpholine rings is 1. The molecule has 2 saturated heterocycles. The molecule has 2 aliphatic heterocycles. The fourth-order valence-corrected chi connectivity index (χ4v) is 3.05. The average molecular weight is 288 g/mol. The molecule has 2 heterocycles. The number of amides is 2. The van der Waals surface area contributed by atoms with Crippen LogP contribution in [0.2, 0.25) is 0 Å². The Balaban J connectivity index is 1.94. The van der Waals surface area contributed by atoms with Crippen LogP contribution >= 0.6 is 11.8 Å². The van der Waals surface area contributed by atoms with Crippen molar-refractivity contribution in [2.75, 3.05) is 37.9 Å². The number of carboxylic acids is 1. The lowest BCUT2D eigenvalue weighted by atomic mass is 10.1. The van der Waals surface area contributed by atoms with Gasteiger partial charge in [0.25, 0.3) is 0 Å². The number of ether oxygens (including phenoxy) is 1. The molecule has 0 aromatic heterocycles. The summed E-state index contributed by atoms with van der Waals surface area (Å²) in [6, 6.07) is -0.441. The summed E-state index contributed by atoms with van der Waals surface area (Å²) in [5, 5.41) is 8.83. The Morgan fingerprint density at radius 3 is 2.89 bits per heavy atom. The number of rotatable bonds is 4. The summed E-state index contributed by atoms with van der Waals surface area (Å²) in [5.41, 5.74) is 0. The van der Waals surface area contributed by atoms with E-state index in [1.54, 1.807) is 0 Å². The van der Waals surface area contributed by atoms with Crippen LogP contribution in [0.15, 0.2) is 0 Å². The highest BCUT2D eigenvalue weighted by Gasteiger charge is 2.31. The van der Waals surface area contributed by atoms with Gasteiger partial charge in [0.15, 0.2) is 0 Å². The molecule has 0 spiro atoms. The van der Waals surface area contributed by atoms with Crippen molar-refractivity contribution < 1.29 is 24.2 Å². The molecule has 0 aliphatic carbocycles. The summed E-state index contributed by atoms with van der Waals surface area (Å²) in [6.07, 6.45) is -0.131. The van der Waals surface area contributed by atoms with E-state index in [2.05, 4.69) is 0 Å². The summed E-state index contributed by atoms with van der Waals surface area (Å²) in [4.78, 5) is 37.4. The van der Waals surface area contributed by atoms with Gasteiger partial charge >= 0.3 is 5.97 Å². The molecule has 1 N–H and O–H groups in total. The van der Waals surface area contributed by atoms with Crippen LogP contribution in [0.4, 0.5) is 0 Å². The number of thioether (sulfide) groups is 1. The normalized spacial score (nSPS) is 23.8. The average Bonchev–Trinajstić information content (AvgIpc) is 2.75. The molecule has 0 aromatic carbocycles. The predicted molar refractivity (Wildman–Crippen MR) is 67.6 cm³/mol. The van der Waals surface area contributed by atoms with Crippen LogP contribution in [0.5, 0.6) is 0 Å². The van der Waals surface area contributed by atoms with Gasteiger partial charge < -0.3 is 19.6 Å². The van der Waals surface area contributed by atoms with E-state index in [9.17, 15) is 14.4 Å². The summed E-state index contributed by atoms with van der Waals surface area (Å²) in [5.74, 6) is -0.263. The van der Waals surface area contributed by atoms with E-state index in [0.717, 1.165) is 0 Å². The first-order chi connectivity index (χ1) is 9.08. The Morgan fingerprint density at radius 2 is 2.26 bits per heavy atom. The number of hydrogen-bond donors (Lipinski definition) is 1. The highest BCUT2D eigenvalue weighted by atomic mass is 32.2. The Kier molecular flexibility index (Phi) is 4.65. The van der Waals surface area contributed by atoms with Crippen molar-refractivity contribution >= 4 is 29.5 Å². The van der Waals surface area contributed by atoms with Gasteiger partial charge in [-0.1, -0.05) is 0 Å². The fraction of sp³-hybridized carbons (Fsp3) is 0.727. The molecule has 106 valence electrons. The minimum atomic E-state index is -0.957. The van der Waals surface area contributed by atoms with Gasteiger partial charge in [-0.3, -0.25) is 14.4 Å². The summed E-state index contributed by atoms with van der Waals surface area (Å²) in [7, 11) is 0. The highest BCUT2D eigenvalue weighted by Crippen LogP contribution is 2.16. The molecular formula is C11H16N2O5S. The molecule has 1 atom stereocenters. The minimum absolute atomic E-state index is 0.0297. The second-order valence-electron chi connectivity index (χ2n) is 4.48. The van der Waals surface area contributed by atoms with Crippen molar-refractivity contribution in [1.29, 1.82) is 0 Å². The quantitative estimate of drug-likeness (QED) is 0.730. The monoisotopic (exact) mass is 288 g/mol. The van der Waals surface area contributed by atoms with Crippen molar-refractivity contribution in [1.82, 2.24) is 9.80 Å². The summed E-state index contributed by atoms with van der Waals surface area (Å²) >= 11 is 1.48. The Hall–Kier alpha value is -1.28. The molecule has 2 aliphatic rings. The lowest BCUT2D eigenvalue weighted by molar-refractivity contribution is -0.148. The number of nitrogens with zero attached hydrogens (tertiary/aromatic N) is 2. The molecule has 0 bridgehead atoms. The maximum atomic E-state index is 12.2. The molecule has 2 rings (SSSR count). The second kappa shape index (κ2) is 6.25. The van der Waals surface area contributed by atoms with Gasteiger partial charge in [0, 0.05) is 6.54 Å². The third-order valence-electron chi connectivity index (χ3n) is 3.11. The van der Waals surface area contributed by atoms with E-state index in [1.165, 1.54) is 21.6 Å². The first kappa shape index (κ1) is 14.1. The molecule has 2 fully saturated rings. The third kappa shape index (κ3) is 3.60.